The molecule has 5 rings (SSSR count). The van der Waals surface area contributed by atoms with Crippen molar-refractivity contribution in [3.8, 4) is 11.5 Å². The van der Waals surface area contributed by atoms with E-state index in [4.69, 9.17) is 18.9 Å². The lowest BCUT2D eigenvalue weighted by Gasteiger charge is -2.34. The third-order valence-corrected chi connectivity index (χ3v) is 7.18. The Bertz CT molecular complexity index is 1230. The summed E-state index contributed by atoms with van der Waals surface area (Å²) in [4.78, 5) is 26.6. The molecule has 2 heterocycles. The van der Waals surface area contributed by atoms with Gasteiger partial charge in [0.15, 0.2) is 17.3 Å². The fourth-order valence-corrected chi connectivity index (χ4v) is 5.33. The van der Waals surface area contributed by atoms with Gasteiger partial charge in [-0.3, -0.25) is 4.79 Å². The van der Waals surface area contributed by atoms with Gasteiger partial charge < -0.3 is 24.3 Å². The molecule has 2 aromatic rings. The number of ether oxygens (including phenoxy) is 4. The number of benzene rings is 2. The van der Waals surface area contributed by atoms with Crippen LogP contribution in [-0.4, -0.2) is 38.2 Å². The Labute approximate surface area is 217 Å². The number of carbonyl (C=O) groups excluding carboxylic acids is 2. The van der Waals surface area contributed by atoms with Crippen molar-refractivity contribution in [2.75, 3.05) is 20.3 Å². The zero-order valence-electron chi connectivity index (χ0n) is 21.4. The number of hydrogen-bond donors (Lipinski definition) is 1. The molecule has 7 heteroatoms. The summed E-state index contributed by atoms with van der Waals surface area (Å²) in [5.41, 5.74) is 4.52. The Morgan fingerprint density at radius 1 is 1.08 bits per heavy atom. The lowest BCUT2D eigenvalue weighted by atomic mass is 9.75. The number of hydrogen-bond acceptors (Lipinski definition) is 7. The standard InChI is InChI=1S/C30H33NO6/c1-19-27(30(33)37-18-22-10-7-15-35-22)28(29-23(31-19)11-6-12-24(29)32)21-13-14-25(26(16-21)34-2)36-17-20-8-4-3-5-9-20/h3-5,8-9,13-14,16,22,28,31H,6-7,10-12,15,17-18H2,1-2H3/t22-,28-/m1/s1. The molecule has 3 aliphatic rings. The van der Waals surface area contributed by atoms with Gasteiger partial charge in [0.1, 0.15) is 13.2 Å². The highest BCUT2D eigenvalue weighted by Crippen LogP contribution is 2.44. The van der Waals surface area contributed by atoms with Crippen LogP contribution in [0.1, 0.15) is 56.1 Å². The predicted molar refractivity (Wildman–Crippen MR) is 138 cm³/mol. The van der Waals surface area contributed by atoms with Gasteiger partial charge in [-0.2, -0.15) is 0 Å². The highest BCUT2D eigenvalue weighted by molar-refractivity contribution is 6.03. The summed E-state index contributed by atoms with van der Waals surface area (Å²) in [6.45, 7) is 3.17. The van der Waals surface area contributed by atoms with Crippen LogP contribution < -0.4 is 14.8 Å². The quantitative estimate of drug-likeness (QED) is 0.510. The monoisotopic (exact) mass is 503 g/mol. The van der Waals surface area contributed by atoms with Crippen LogP contribution in [0.4, 0.5) is 0 Å². The summed E-state index contributed by atoms with van der Waals surface area (Å²) in [5, 5.41) is 3.34. The molecule has 194 valence electrons. The van der Waals surface area contributed by atoms with Gasteiger partial charge in [0, 0.05) is 35.9 Å². The second-order valence-electron chi connectivity index (χ2n) is 9.68. The van der Waals surface area contributed by atoms with Crippen molar-refractivity contribution in [3.63, 3.8) is 0 Å². The molecule has 0 amide bonds. The Morgan fingerprint density at radius 2 is 1.92 bits per heavy atom. The minimum Gasteiger partial charge on any atom is -0.493 e. The van der Waals surface area contributed by atoms with E-state index in [1.165, 1.54) is 0 Å². The molecule has 0 radical (unpaired) electrons. The van der Waals surface area contributed by atoms with E-state index in [9.17, 15) is 9.59 Å². The number of methoxy groups -OCH3 is 1. The number of nitrogens with one attached hydrogen (secondary N) is 1. The number of ketones is 1. The maximum atomic E-state index is 13.4. The largest absolute Gasteiger partial charge is 0.493 e. The van der Waals surface area contributed by atoms with E-state index >= 15 is 0 Å². The van der Waals surface area contributed by atoms with E-state index in [1.807, 2.05) is 55.5 Å². The zero-order valence-corrected chi connectivity index (χ0v) is 21.4. The number of dihydropyridines is 1. The van der Waals surface area contributed by atoms with Gasteiger partial charge in [-0.1, -0.05) is 36.4 Å². The first kappa shape index (κ1) is 25.1. The molecule has 37 heavy (non-hydrogen) atoms. The predicted octanol–water partition coefficient (Wildman–Crippen LogP) is 4.96. The highest BCUT2D eigenvalue weighted by atomic mass is 16.6. The third-order valence-electron chi connectivity index (χ3n) is 7.18. The van der Waals surface area contributed by atoms with Crippen LogP contribution in [0.2, 0.25) is 0 Å². The molecule has 0 bridgehead atoms. The maximum Gasteiger partial charge on any atom is 0.336 e. The minimum atomic E-state index is -0.543. The van der Waals surface area contributed by atoms with E-state index < -0.39 is 11.9 Å². The molecule has 1 N–H and O–H groups in total. The molecule has 2 aliphatic heterocycles. The number of allylic oxidation sites excluding steroid dienone is 3. The van der Waals surface area contributed by atoms with Gasteiger partial charge >= 0.3 is 5.97 Å². The normalized spacial score (nSPS) is 21.4. The smallest absolute Gasteiger partial charge is 0.336 e. The Morgan fingerprint density at radius 3 is 2.68 bits per heavy atom. The third kappa shape index (κ3) is 5.42. The van der Waals surface area contributed by atoms with Gasteiger partial charge in [0.25, 0.3) is 0 Å². The second-order valence-corrected chi connectivity index (χ2v) is 9.68. The van der Waals surface area contributed by atoms with Gasteiger partial charge in [0.2, 0.25) is 0 Å². The molecule has 2 atom stereocenters. The summed E-state index contributed by atoms with van der Waals surface area (Å²) in [5.74, 6) is 0.217. The van der Waals surface area contributed by atoms with E-state index in [-0.39, 0.29) is 18.5 Å². The molecule has 0 spiro atoms. The average Bonchev–Trinajstić information content (AvgIpc) is 3.44. The molecular weight excluding hydrogens is 470 g/mol. The SMILES string of the molecule is COc1cc([C@@H]2C(C(=O)OC[C@H]3CCCO3)=C(C)NC3=C2C(=O)CCC3)ccc1OCc1ccccc1. The van der Waals surface area contributed by atoms with E-state index in [2.05, 4.69) is 5.32 Å². The van der Waals surface area contributed by atoms with E-state index in [0.29, 0.717) is 48.0 Å². The van der Waals surface area contributed by atoms with Gasteiger partial charge in [-0.05, 0) is 55.9 Å². The molecule has 2 aromatic carbocycles. The van der Waals surface area contributed by atoms with Crippen LogP contribution in [0, 0.1) is 0 Å². The number of rotatable bonds is 8. The highest BCUT2D eigenvalue weighted by Gasteiger charge is 2.39. The Balaban J connectivity index is 1.46. The summed E-state index contributed by atoms with van der Waals surface area (Å²) < 4.78 is 23.1. The Hall–Kier alpha value is -3.58. The second kappa shape index (κ2) is 11.2. The minimum absolute atomic E-state index is 0.0547. The summed E-state index contributed by atoms with van der Waals surface area (Å²) in [7, 11) is 1.59. The van der Waals surface area contributed by atoms with E-state index in [1.54, 1.807) is 7.11 Å². The molecule has 1 saturated heterocycles. The number of esters is 1. The van der Waals surface area contributed by atoms with Crippen molar-refractivity contribution in [2.24, 2.45) is 0 Å². The fraction of sp³-hybridized carbons (Fsp3) is 0.400. The van der Waals surface area contributed by atoms with Crippen molar-refractivity contribution in [3.05, 3.63) is 82.2 Å². The first-order valence-corrected chi connectivity index (χ1v) is 12.9. The first-order chi connectivity index (χ1) is 18.0. The van der Waals surface area contributed by atoms with Gasteiger partial charge in [-0.25, -0.2) is 4.79 Å². The fourth-order valence-electron chi connectivity index (χ4n) is 5.33. The molecule has 0 saturated carbocycles. The lowest BCUT2D eigenvalue weighted by molar-refractivity contribution is -0.142. The number of Topliss-reactive ketones (excluding diaryl/α,β-unsaturated/α-hetero) is 1. The average molecular weight is 504 g/mol. The maximum absolute atomic E-state index is 13.4. The summed E-state index contributed by atoms with van der Waals surface area (Å²) >= 11 is 0. The van der Waals surface area contributed by atoms with Crippen LogP contribution in [0.3, 0.4) is 0 Å². The summed E-state index contributed by atoms with van der Waals surface area (Å²) in [6.07, 6.45) is 3.79. The van der Waals surface area contributed by atoms with Crippen molar-refractivity contribution in [1.82, 2.24) is 5.32 Å². The van der Waals surface area contributed by atoms with Crippen LogP contribution in [-0.2, 0) is 25.7 Å². The molecule has 7 nitrogen and oxygen atoms in total. The van der Waals surface area contributed by atoms with Crippen LogP contribution >= 0.6 is 0 Å². The molecular formula is C30H33NO6. The molecule has 0 aromatic heterocycles. The molecule has 0 unspecified atom stereocenters. The van der Waals surface area contributed by atoms with E-state index in [0.717, 1.165) is 42.5 Å². The van der Waals surface area contributed by atoms with Crippen LogP contribution in [0.15, 0.2) is 71.1 Å². The van der Waals surface area contributed by atoms with Gasteiger partial charge in [-0.15, -0.1) is 0 Å². The van der Waals surface area contributed by atoms with Crippen molar-refractivity contribution in [2.45, 2.75) is 57.7 Å². The summed E-state index contributed by atoms with van der Waals surface area (Å²) in [6, 6.07) is 15.5. The lowest BCUT2D eigenvalue weighted by Crippen LogP contribution is -2.35. The van der Waals surface area contributed by atoms with Crippen LogP contribution in [0.25, 0.3) is 0 Å². The molecule has 1 fully saturated rings. The zero-order chi connectivity index (χ0) is 25.8. The van der Waals surface area contributed by atoms with Crippen LogP contribution in [0.5, 0.6) is 11.5 Å². The van der Waals surface area contributed by atoms with Gasteiger partial charge in [0.05, 0.1) is 18.8 Å². The van der Waals surface area contributed by atoms with Crippen molar-refractivity contribution in [1.29, 1.82) is 0 Å². The van der Waals surface area contributed by atoms with Crippen molar-refractivity contribution < 1.29 is 28.5 Å². The van der Waals surface area contributed by atoms with Crippen molar-refractivity contribution >= 4 is 11.8 Å². The Kier molecular flexibility index (Phi) is 7.60. The molecule has 1 aliphatic carbocycles. The first-order valence-electron chi connectivity index (χ1n) is 12.9. The number of carbonyl (C=O) groups is 2. The topological polar surface area (TPSA) is 83.1 Å².